The normalized spacial score (nSPS) is 18.3. The smallest absolute Gasteiger partial charge is 0.319 e. The molecule has 1 fully saturated rings. The van der Waals surface area contributed by atoms with Crippen molar-refractivity contribution in [1.29, 1.82) is 0 Å². The molecule has 1 aliphatic rings. The second kappa shape index (κ2) is 6.70. The summed E-state index contributed by atoms with van der Waals surface area (Å²) in [6, 6.07) is 0.361. The van der Waals surface area contributed by atoms with E-state index in [-0.39, 0.29) is 12.1 Å². The number of nitrogens with one attached hydrogen (secondary N) is 1. The van der Waals surface area contributed by atoms with Crippen molar-refractivity contribution >= 4 is 6.03 Å². The third-order valence-electron chi connectivity index (χ3n) is 2.79. The molecule has 0 aromatic rings. The molecular weight excluding hydrogens is 206 g/mol. The van der Waals surface area contributed by atoms with Crippen LogP contribution in [-0.2, 0) is 4.74 Å². The van der Waals surface area contributed by atoms with Crippen LogP contribution >= 0.6 is 0 Å². The molecule has 0 spiro atoms. The van der Waals surface area contributed by atoms with Gasteiger partial charge in [0.25, 0.3) is 0 Å². The van der Waals surface area contributed by atoms with E-state index in [9.17, 15) is 4.79 Å². The highest BCUT2D eigenvalue weighted by atomic mass is 16.5. The second-order valence-corrected chi connectivity index (χ2v) is 4.26. The van der Waals surface area contributed by atoms with Crippen molar-refractivity contribution < 1.29 is 9.53 Å². The Labute approximate surface area is 97.7 Å². The molecule has 2 amide bonds. The van der Waals surface area contributed by atoms with Crippen LogP contribution in [0, 0.1) is 0 Å². The van der Waals surface area contributed by atoms with Crippen molar-refractivity contribution in [3.8, 4) is 0 Å². The Morgan fingerprint density at radius 3 is 2.75 bits per heavy atom. The highest BCUT2D eigenvalue weighted by Crippen LogP contribution is 2.06. The van der Waals surface area contributed by atoms with Gasteiger partial charge in [0, 0.05) is 39.8 Å². The number of nitrogens with zero attached hydrogens (tertiary/aromatic N) is 2. The summed E-state index contributed by atoms with van der Waals surface area (Å²) in [7, 11) is 3.53. The SMILES string of the molecule is CCCNC(COC)CN1CCN(C)C1=O. The third-order valence-corrected chi connectivity index (χ3v) is 2.79. The molecule has 1 unspecified atom stereocenters. The van der Waals surface area contributed by atoms with Gasteiger partial charge in [0.15, 0.2) is 0 Å². The molecule has 5 heteroatoms. The van der Waals surface area contributed by atoms with Crippen molar-refractivity contribution in [1.82, 2.24) is 15.1 Å². The third kappa shape index (κ3) is 3.64. The van der Waals surface area contributed by atoms with E-state index in [1.807, 2.05) is 11.9 Å². The minimum absolute atomic E-state index is 0.124. The predicted octanol–water partition coefficient (Wildman–Crippen LogP) is 0.368. The quantitative estimate of drug-likeness (QED) is 0.686. The number of rotatable bonds is 7. The minimum Gasteiger partial charge on any atom is -0.383 e. The monoisotopic (exact) mass is 229 g/mol. The zero-order valence-corrected chi connectivity index (χ0v) is 10.5. The average molecular weight is 229 g/mol. The summed E-state index contributed by atoms with van der Waals surface area (Å²) in [5.41, 5.74) is 0. The van der Waals surface area contributed by atoms with Crippen LogP contribution in [0.1, 0.15) is 13.3 Å². The van der Waals surface area contributed by atoms with Gasteiger partial charge in [-0.1, -0.05) is 6.92 Å². The molecule has 94 valence electrons. The zero-order chi connectivity index (χ0) is 12.0. The molecule has 0 aromatic carbocycles. The summed E-state index contributed by atoms with van der Waals surface area (Å²) >= 11 is 0. The molecule has 0 radical (unpaired) electrons. The fourth-order valence-corrected chi connectivity index (χ4v) is 1.86. The number of carbonyl (C=O) groups is 1. The number of ether oxygens (including phenoxy) is 1. The molecule has 0 bridgehead atoms. The van der Waals surface area contributed by atoms with Crippen molar-refractivity contribution in [2.45, 2.75) is 19.4 Å². The summed E-state index contributed by atoms with van der Waals surface area (Å²) in [5.74, 6) is 0. The summed E-state index contributed by atoms with van der Waals surface area (Å²) in [5, 5.41) is 3.40. The highest BCUT2D eigenvalue weighted by Gasteiger charge is 2.27. The number of hydrogen-bond donors (Lipinski definition) is 1. The van der Waals surface area contributed by atoms with Crippen LogP contribution in [-0.4, -0.2) is 68.8 Å². The standard InChI is InChI=1S/C11H23N3O2/c1-4-5-12-10(9-16-3)8-14-7-6-13(2)11(14)15/h10,12H,4-9H2,1-3H3. The number of carbonyl (C=O) groups excluding carboxylic acids is 1. The van der Waals surface area contributed by atoms with Gasteiger partial charge in [0.05, 0.1) is 6.61 Å². The molecule has 0 saturated carbocycles. The Balaban J connectivity index is 2.38. The molecule has 0 aromatic heterocycles. The molecule has 1 aliphatic heterocycles. The maximum Gasteiger partial charge on any atom is 0.319 e. The summed E-state index contributed by atoms with van der Waals surface area (Å²) in [6.45, 7) is 6.12. The van der Waals surface area contributed by atoms with Crippen LogP contribution in [0.15, 0.2) is 0 Å². The number of amides is 2. The lowest BCUT2D eigenvalue weighted by molar-refractivity contribution is 0.145. The second-order valence-electron chi connectivity index (χ2n) is 4.26. The molecular formula is C11H23N3O2. The van der Waals surface area contributed by atoms with Gasteiger partial charge in [-0.25, -0.2) is 4.79 Å². The topological polar surface area (TPSA) is 44.8 Å². The fourth-order valence-electron chi connectivity index (χ4n) is 1.86. The Morgan fingerprint density at radius 2 is 2.25 bits per heavy atom. The molecule has 1 rings (SSSR count). The van der Waals surface area contributed by atoms with Crippen LogP contribution in [0.25, 0.3) is 0 Å². The zero-order valence-electron chi connectivity index (χ0n) is 10.5. The highest BCUT2D eigenvalue weighted by molar-refractivity contribution is 5.76. The van der Waals surface area contributed by atoms with E-state index in [1.165, 1.54) is 0 Å². The first-order valence-corrected chi connectivity index (χ1v) is 5.91. The Morgan fingerprint density at radius 1 is 1.50 bits per heavy atom. The average Bonchev–Trinajstić information content (AvgIpc) is 2.58. The molecule has 1 N–H and O–H groups in total. The van der Waals surface area contributed by atoms with Crippen LogP contribution in [0.2, 0.25) is 0 Å². The van der Waals surface area contributed by atoms with Crippen LogP contribution < -0.4 is 5.32 Å². The van der Waals surface area contributed by atoms with Gasteiger partial charge in [-0.2, -0.15) is 0 Å². The molecule has 1 saturated heterocycles. The number of hydrogen-bond acceptors (Lipinski definition) is 3. The Kier molecular flexibility index (Phi) is 5.55. The van der Waals surface area contributed by atoms with Gasteiger partial charge in [0.1, 0.15) is 0 Å². The van der Waals surface area contributed by atoms with Gasteiger partial charge >= 0.3 is 6.03 Å². The van der Waals surface area contributed by atoms with Crippen molar-refractivity contribution in [3.63, 3.8) is 0 Å². The number of urea groups is 1. The molecule has 0 aliphatic carbocycles. The van der Waals surface area contributed by atoms with E-state index in [1.54, 1.807) is 12.0 Å². The van der Waals surface area contributed by atoms with Crippen LogP contribution in [0.4, 0.5) is 4.79 Å². The first kappa shape index (κ1) is 13.3. The lowest BCUT2D eigenvalue weighted by Gasteiger charge is -2.24. The largest absolute Gasteiger partial charge is 0.383 e. The molecule has 1 atom stereocenters. The first-order chi connectivity index (χ1) is 7.69. The molecule has 5 nitrogen and oxygen atoms in total. The van der Waals surface area contributed by atoms with E-state index >= 15 is 0 Å². The van der Waals surface area contributed by atoms with E-state index in [0.29, 0.717) is 6.61 Å². The predicted molar refractivity (Wildman–Crippen MR) is 63.6 cm³/mol. The maximum atomic E-state index is 11.7. The van der Waals surface area contributed by atoms with E-state index in [0.717, 1.165) is 32.6 Å². The van der Waals surface area contributed by atoms with Gasteiger partial charge < -0.3 is 19.9 Å². The Bertz CT molecular complexity index is 223. The van der Waals surface area contributed by atoms with E-state index < -0.39 is 0 Å². The van der Waals surface area contributed by atoms with Crippen LogP contribution in [0.5, 0.6) is 0 Å². The summed E-state index contributed by atoms with van der Waals surface area (Å²) in [6.07, 6.45) is 1.09. The minimum atomic E-state index is 0.124. The van der Waals surface area contributed by atoms with Gasteiger partial charge in [0.2, 0.25) is 0 Å². The first-order valence-electron chi connectivity index (χ1n) is 5.91. The lowest BCUT2D eigenvalue weighted by Crippen LogP contribution is -2.45. The maximum absolute atomic E-state index is 11.7. The van der Waals surface area contributed by atoms with E-state index in [4.69, 9.17) is 4.74 Å². The molecule has 16 heavy (non-hydrogen) atoms. The van der Waals surface area contributed by atoms with Gasteiger partial charge in [-0.3, -0.25) is 0 Å². The van der Waals surface area contributed by atoms with Crippen molar-refractivity contribution in [2.24, 2.45) is 0 Å². The van der Waals surface area contributed by atoms with Gasteiger partial charge in [-0.15, -0.1) is 0 Å². The van der Waals surface area contributed by atoms with E-state index in [2.05, 4.69) is 12.2 Å². The van der Waals surface area contributed by atoms with Gasteiger partial charge in [-0.05, 0) is 13.0 Å². The summed E-state index contributed by atoms with van der Waals surface area (Å²) < 4.78 is 5.16. The Hall–Kier alpha value is -0.810. The number of methoxy groups -OCH3 is 1. The molecule has 1 heterocycles. The number of likely N-dealkylation sites (N-methyl/N-ethyl adjacent to an activating group) is 1. The lowest BCUT2D eigenvalue weighted by atomic mass is 10.2. The fraction of sp³-hybridized carbons (Fsp3) is 0.909. The van der Waals surface area contributed by atoms with Crippen molar-refractivity contribution in [3.05, 3.63) is 0 Å². The van der Waals surface area contributed by atoms with Crippen molar-refractivity contribution in [2.75, 3.05) is 46.9 Å². The summed E-state index contributed by atoms with van der Waals surface area (Å²) in [4.78, 5) is 15.3. The van der Waals surface area contributed by atoms with Crippen LogP contribution in [0.3, 0.4) is 0 Å².